The molecule has 0 aliphatic rings. The number of carbonyl (C=O) groups is 5. The van der Waals surface area contributed by atoms with E-state index in [0.717, 1.165) is 16.5 Å². The van der Waals surface area contributed by atoms with E-state index in [1.165, 1.54) is 0 Å². The number of H-pyrrole nitrogens is 1. The number of aromatic amines is 1. The molecule has 13 heteroatoms. The average molecular weight is 549 g/mol. The van der Waals surface area contributed by atoms with Gasteiger partial charge in [-0.3, -0.25) is 19.2 Å². The minimum absolute atomic E-state index is 0.00693. The normalized spacial score (nSPS) is 15.1. The first-order valence-electron chi connectivity index (χ1n) is 12.3. The third-order valence-electron chi connectivity index (χ3n) is 6.36. The van der Waals surface area contributed by atoms with Crippen LogP contribution < -0.4 is 27.4 Å². The Labute approximate surface area is 226 Å². The number of hydrogen-bond donors (Lipinski definition) is 8. The van der Waals surface area contributed by atoms with E-state index in [1.54, 1.807) is 13.1 Å². The second kappa shape index (κ2) is 14.4. The lowest BCUT2D eigenvalue weighted by atomic mass is 9.97. The zero-order valence-electron chi connectivity index (χ0n) is 21.4. The van der Waals surface area contributed by atoms with Gasteiger partial charge in [0.15, 0.2) is 0 Å². The number of para-hydroxylation sites is 1. The Morgan fingerprint density at radius 1 is 1.03 bits per heavy atom. The Hall–Kier alpha value is -3.58. The molecule has 5 unspecified atom stereocenters. The van der Waals surface area contributed by atoms with Gasteiger partial charge in [-0.25, -0.2) is 4.79 Å². The predicted octanol–water partition coefficient (Wildman–Crippen LogP) is -0.182. The highest BCUT2D eigenvalue weighted by molar-refractivity contribution is 7.80. The van der Waals surface area contributed by atoms with Crippen LogP contribution in [0.1, 0.15) is 38.7 Å². The first kappa shape index (κ1) is 30.6. The smallest absolute Gasteiger partial charge is 0.326 e. The van der Waals surface area contributed by atoms with Crippen LogP contribution in [0.5, 0.6) is 0 Å². The molecule has 1 aromatic heterocycles. The highest BCUT2D eigenvalue weighted by Crippen LogP contribution is 2.19. The number of nitrogens with one attached hydrogen (secondary N) is 4. The summed E-state index contributed by atoms with van der Waals surface area (Å²) in [5.74, 6) is -4.29. The van der Waals surface area contributed by atoms with Crippen LogP contribution in [0, 0.1) is 5.92 Å². The van der Waals surface area contributed by atoms with Crippen LogP contribution in [0.15, 0.2) is 30.5 Å². The molecule has 0 saturated heterocycles. The highest BCUT2D eigenvalue weighted by atomic mass is 32.1. The molecule has 0 fully saturated rings. The van der Waals surface area contributed by atoms with E-state index in [1.807, 2.05) is 31.2 Å². The predicted molar refractivity (Wildman–Crippen MR) is 145 cm³/mol. The number of carboxylic acid groups (broad SMARTS) is 1. The van der Waals surface area contributed by atoms with Crippen molar-refractivity contribution >= 4 is 53.1 Å². The maximum Gasteiger partial charge on any atom is 0.326 e. The molecular weight excluding hydrogens is 512 g/mol. The number of fused-ring (bicyclic) bond motifs is 1. The van der Waals surface area contributed by atoms with Crippen molar-refractivity contribution in [2.75, 3.05) is 5.75 Å². The number of primary amides is 1. The van der Waals surface area contributed by atoms with Crippen molar-refractivity contribution in [2.24, 2.45) is 17.4 Å². The van der Waals surface area contributed by atoms with Gasteiger partial charge >= 0.3 is 5.97 Å². The summed E-state index contributed by atoms with van der Waals surface area (Å²) in [4.78, 5) is 64.6. The number of carbonyl (C=O) groups excluding carboxylic acids is 4. The molecule has 0 aliphatic carbocycles. The summed E-state index contributed by atoms with van der Waals surface area (Å²) in [6.45, 7) is 3.57. The summed E-state index contributed by atoms with van der Waals surface area (Å²) in [5.41, 5.74) is 12.4. The summed E-state index contributed by atoms with van der Waals surface area (Å²) in [7, 11) is 0. The van der Waals surface area contributed by atoms with Crippen molar-refractivity contribution in [1.29, 1.82) is 0 Å². The van der Waals surface area contributed by atoms with Crippen molar-refractivity contribution in [3.63, 3.8) is 0 Å². The van der Waals surface area contributed by atoms with E-state index in [0.29, 0.717) is 6.42 Å². The summed E-state index contributed by atoms with van der Waals surface area (Å²) in [5, 5.41) is 18.3. The molecule has 2 rings (SSSR count). The van der Waals surface area contributed by atoms with Crippen molar-refractivity contribution in [3.05, 3.63) is 36.0 Å². The van der Waals surface area contributed by atoms with Gasteiger partial charge < -0.3 is 37.5 Å². The zero-order chi connectivity index (χ0) is 28.4. The molecule has 0 radical (unpaired) electrons. The molecule has 2 aromatic rings. The number of hydrogen-bond acceptors (Lipinski definition) is 7. The Bertz CT molecular complexity index is 1150. The number of thiol groups is 1. The minimum Gasteiger partial charge on any atom is -0.480 e. The molecule has 0 aliphatic heterocycles. The first-order chi connectivity index (χ1) is 18.0. The summed E-state index contributed by atoms with van der Waals surface area (Å²) in [6, 6.07) is 2.92. The molecule has 9 N–H and O–H groups in total. The Morgan fingerprint density at radius 3 is 2.29 bits per heavy atom. The average Bonchev–Trinajstić information content (AvgIpc) is 3.30. The van der Waals surface area contributed by atoms with Crippen molar-refractivity contribution in [2.45, 2.75) is 63.7 Å². The fourth-order valence-electron chi connectivity index (χ4n) is 3.84. The number of rotatable bonds is 15. The molecule has 1 aromatic carbocycles. The molecule has 5 atom stereocenters. The van der Waals surface area contributed by atoms with Crippen LogP contribution in [0.25, 0.3) is 10.9 Å². The molecule has 208 valence electrons. The van der Waals surface area contributed by atoms with E-state index in [-0.39, 0.29) is 30.9 Å². The van der Waals surface area contributed by atoms with E-state index in [2.05, 4.69) is 33.6 Å². The quantitative estimate of drug-likeness (QED) is 0.141. The lowest BCUT2D eigenvalue weighted by Crippen LogP contribution is -2.59. The number of benzene rings is 1. The van der Waals surface area contributed by atoms with E-state index in [4.69, 9.17) is 11.5 Å². The number of aliphatic carboxylic acids is 1. The van der Waals surface area contributed by atoms with Gasteiger partial charge in [0.05, 0.1) is 6.04 Å². The van der Waals surface area contributed by atoms with Crippen molar-refractivity contribution < 1.29 is 29.1 Å². The Balaban J connectivity index is 2.11. The highest BCUT2D eigenvalue weighted by Gasteiger charge is 2.32. The topological polar surface area (TPSA) is 209 Å². The van der Waals surface area contributed by atoms with Crippen LogP contribution in [-0.2, 0) is 30.4 Å². The third-order valence-corrected chi connectivity index (χ3v) is 6.73. The van der Waals surface area contributed by atoms with Gasteiger partial charge in [0.25, 0.3) is 0 Å². The number of amides is 4. The molecule has 12 nitrogen and oxygen atoms in total. The SMILES string of the molecule is CCC(C)C(NC(=O)C(CS)NC(=O)C(N)CCC(N)=O)C(=O)NC(Cc1c[nH]c2ccccc12)C(=O)O. The van der Waals surface area contributed by atoms with Gasteiger partial charge in [-0.05, 0) is 24.0 Å². The van der Waals surface area contributed by atoms with Crippen LogP contribution in [0.4, 0.5) is 0 Å². The van der Waals surface area contributed by atoms with E-state index in [9.17, 15) is 29.1 Å². The summed E-state index contributed by atoms with van der Waals surface area (Å²) in [6.07, 6.45) is 2.16. The molecule has 38 heavy (non-hydrogen) atoms. The Morgan fingerprint density at radius 2 is 1.68 bits per heavy atom. The molecule has 4 amide bonds. The van der Waals surface area contributed by atoms with Gasteiger partial charge in [-0.1, -0.05) is 38.5 Å². The second-order valence-corrected chi connectivity index (χ2v) is 9.56. The fraction of sp³-hybridized carbons (Fsp3) is 0.480. The summed E-state index contributed by atoms with van der Waals surface area (Å²) >= 11 is 4.12. The van der Waals surface area contributed by atoms with E-state index >= 15 is 0 Å². The van der Waals surface area contributed by atoms with Crippen LogP contribution in [0.2, 0.25) is 0 Å². The van der Waals surface area contributed by atoms with Gasteiger partial charge in [-0.2, -0.15) is 12.6 Å². The maximum atomic E-state index is 13.2. The maximum absolute atomic E-state index is 13.2. The third kappa shape index (κ3) is 8.48. The number of carboxylic acids is 1. The fourth-order valence-corrected chi connectivity index (χ4v) is 4.10. The second-order valence-electron chi connectivity index (χ2n) is 9.19. The van der Waals surface area contributed by atoms with Crippen LogP contribution in [0.3, 0.4) is 0 Å². The first-order valence-corrected chi connectivity index (χ1v) is 12.9. The molecular formula is C25H36N6O6S. The van der Waals surface area contributed by atoms with Crippen molar-refractivity contribution in [1.82, 2.24) is 20.9 Å². The van der Waals surface area contributed by atoms with Crippen molar-refractivity contribution in [3.8, 4) is 0 Å². The largest absolute Gasteiger partial charge is 0.480 e. The molecule has 0 saturated carbocycles. The lowest BCUT2D eigenvalue weighted by molar-refractivity contribution is -0.142. The monoisotopic (exact) mass is 548 g/mol. The zero-order valence-corrected chi connectivity index (χ0v) is 22.3. The molecule has 1 heterocycles. The Kier molecular flexibility index (Phi) is 11.6. The van der Waals surface area contributed by atoms with Crippen LogP contribution in [-0.4, -0.2) is 69.6 Å². The lowest BCUT2D eigenvalue weighted by Gasteiger charge is -2.27. The minimum atomic E-state index is -1.24. The van der Waals surface area contributed by atoms with Gasteiger partial charge in [0.2, 0.25) is 23.6 Å². The van der Waals surface area contributed by atoms with Crippen LogP contribution >= 0.6 is 12.6 Å². The number of aromatic nitrogens is 1. The van der Waals surface area contributed by atoms with Gasteiger partial charge in [0, 0.05) is 35.7 Å². The van der Waals surface area contributed by atoms with E-state index < -0.39 is 53.8 Å². The van der Waals surface area contributed by atoms with Gasteiger partial charge in [-0.15, -0.1) is 0 Å². The standard InChI is InChI=1S/C25H36N6O6S/c1-3-13(2)21(31-23(34)19(12-38)30-22(33)16(26)8-9-20(27)32)24(35)29-18(25(36)37)10-14-11-28-17-7-5-4-6-15(14)17/h4-7,11,13,16,18-19,21,28,38H,3,8-10,12,26H2,1-2H3,(H2,27,32)(H,29,35)(H,30,33)(H,31,34)(H,36,37). The number of nitrogens with two attached hydrogens (primary N) is 2. The molecule has 0 spiro atoms. The summed E-state index contributed by atoms with van der Waals surface area (Å²) < 4.78 is 0. The van der Waals surface area contributed by atoms with Gasteiger partial charge in [0.1, 0.15) is 18.1 Å². The molecule has 0 bridgehead atoms.